The highest BCUT2D eigenvalue weighted by molar-refractivity contribution is 5.84. The van der Waals surface area contributed by atoms with Crippen LogP contribution >= 0.6 is 0 Å². The van der Waals surface area contributed by atoms with E-state index in [1.807, 2.05) is 0 Å². The van der Waals surface area contributed by atoms with Crippen molar-refractivity contribution in [1.29, 1.82) is 5.26 Å². The van der Waals surface area contributed by atoms with Gasteiger partial charge < -0.3 is 15.4 Å². The summed E-state index contributed by atoms with van der Waals surface area (Å²) >= 11 is 0. The molecule has 8 heteroatoms. The normalized spacial score (nSPS) is 17.0. The molecule has 0 radical (unpaired) electrons. The van der Waals surface area contributed by atoms with E-state index in [4.69, 9.17) is 4.74 Å². The molecule has 0 saturated heterocycles. The van der Waals surface area contributed by atoms with Crippen molar-refractivity contribution in [2.24, 2.45) is 0 Å². The number of nitriles is 1. The molecule has 1 unspecified atom stereocenters. The van der Waals surface area contributed by atoms with E-state index in [1.165, 1.54) is 6.92 Å². The van der Waals surface area contributed by atoms with Gasteiger partial charge in [0.15, 0.2) is 6.10 Å². The van der Waals surface area contributed by atoms with Gasteiger partial charge in [0.2, 0.25) is 5.95 Å². The van der Waals surface area contributed by atoms with Crippen LogP contribution in [0, 0.1) is 11.3 Å². The zero-order valence-corrected chi connectivity index (χ0v) is 14.3. The van der Waals surface area contributed by atoms with Gasteiger partial charge in [-0.1, -0.05) is 19.3 Å². The third-order valence-corrected chi connectivity index (χ3v) is 4.14. The van der Waals surface area contributed by atoms with Crippen LogP contribution in [-0.2, 0) is 14.3 Å². The van der Waals surface area contributed by atoms with Gasteiger partial charge in [0.25, 0.3) is 5.91 Å². The summed E-state index contributed by atoms with van der Waals surface area (Å²) in [5.41, 5.74) is -0.831. The average Bonchev–Trinajstić information content (AvgIpc) is 2.63. The number of esters is 1. The molecule has 1 aromatic heterocycles. The number of anilines is 1. The van der Waals surface area contributed by atoms with E-state index < -0.39 is 23.5 Å². The number of carbonyl (C=O) groups is 2. The molecule has 1 aliphatic carbocycles. The number of amides is 1. The molecule has 1 fully saturated rings. The SMILES string of the molecule is CC(OC(=O)CCNc1ncccn1)C(=O)NC1(C#N)CCCCC1. The van der Waals surface area contributed by atoms with E-state index in [-0.39, 0.29) is 6.42 Å². The predicted molar refractivity (Wildman–Crippen MR) is 90.3 cm³/mol. The Kier molecular flexibility index (Phi) is 6.69. The lowest BCUT2D eigenvalue weighted by Gasteiger charge is -2.32. The summed E-state index contributed by atoms with van der Waals surface area (Å²) in [6.45, 7) is 1.81. The van der Waals surface area contributed by atoms with Crippen molar-refractivity contribution in [2.45, 2.75) is 57.1 Å². The third kappa shape index (κ3) is 5.71. The molecule has 134 valence electrons. The van der Waals surface area contributed by atoms with Gasteiger partial charge in [-0.2, -0.15) is 5.26 Å². The standard InChI is InChI=1S/C17H23N5O3/c1-13(15(24)22-17(12-18)7-3-2-4-8-17)25-14(23)6-11-21-16-19-9-5-10-20-16/h5,9-10,13H,2-4,6-8,11H2,1H3,(H,22,24)(H,19,20,21). The van der Waals surface area contributed by atoms with Gasteiger partial charge in [0, 0.05) is 18.9 Å². The maximum Gasteiger partial charge on any atom is 0.308 e. The highest BCUT2D eigenvalue weighted by Gasteiger charge is 2.35. The van der Waals surface area contributed by atoms with Crippen LogP contribution in [0.1, 0.15) is 45.4 Å². The fourth-order valence-electron chi connectivity index (χ4n) is 2.73. The quantitative estimate of drug-likeness (QED) is 0.720. The minimum Gasteiger partial charge on any atom is -0.452 e. The number of carbonyl (C=O) groups excluding carboxylic acids is 2. The zero-order valence-electron chi connectivity index (χ0n) is 14.3. The van der Waals surface area contributed by atoms with E-state index >= 15 is 0 Å². The molecule has 1 atom stereocenters. The monoisotopic (exact) mass is 345 g/mol. The first-order chi connectivity index (χ1) is 12.0. The summed E-state index contributed by atoms with van der Waals surface area (Å²) in [5.74, 6) is -0.508. The summed E-state index contributed by atoms with van der Waals surface area (Å²) in [4.78, 5) is 32.0. The van der Waals surface area contributed by atoms with E-state index in [2.05, 4.69) is 26.7 Å². The maximum absolute atomic E-state index is 12.2. The molecule has 0 aliphatic heterocycles. The first-order valence-corrected chi connectivity index (χ1v) is 8.48. The van der Waals surface area contributed by atoms with Gasteiger partial charge in [0.05, 0.1) is 12.5 Å². The summed E-state index contributed by atoms with van der Waals surface area (Å²) in [5, 5.41) is 15.0. The van der Waals surface area contributed by atoms with E-state index in [0.29, 0.717) is 25.3 Å². The summed E-state index contributed by atoms with van der Waals surface area (Å²) < 4.78 is 5.14. The summed E-state index contributed by atoms with van der Waals surface area (Å²) in [6, 6.07) is 3.91. The molecule has 0 aromatic carbocycles. The Morgan fingerprint density at radius 1 is 1.32 bits per heavy atom. The van der Waals surface area contributed by atoms with Crippen LogP contribution in [0.15, 0.2) is 18.5 Å². The minimum atomic E-state index is -0.937. The molecule has 2 rings (SSSR count). The molecule has 1 saturated carbocycles. The van der Waals surface area contributed by atoms with Crippen LogP contribution in [-0.4, -0.2) is 40.0 Å². The number of ether oxygens (including phenoxy) is 1. The Labute approximate surface area is 147 Å². The van der Waals surface area contributed by atoms with Crippen LogP contribution < -0.4 is 10.6 Å². The second kappa shape index (κ2) is 8.97. The maximum atomic E-state index is 12.2. The first kappa shape index (κ1) is 18.6. The molecule has 0 bridgehead atoms. The van der Waals surface area contributed by atoms with Crippen molar-refractivity contribution in [3.63, 3.8) is 0 Å². The zero-order chi connectivity index (χ0) is 18.1. The lowest BCUT2D eigenvalue weighted by atomic mass is 9.83. The Bertz CT molecular complexity index is 623. The number of aromatic nitrogens is 2. The number of hydrogen-bond donors (Lipinski definition) is 2. The first-order valence-electron chi connectivity index (χ1n) is 8.48. The van der Waals surface area contributed by atoms with Crippen molar-refractivity contribution in [3.8, 4) is 6.07 Å². The number of nitrogens with zero attached hydrogens (tertiary/aromatic N) is 3. The van der Waals surface area contributed by atoms with Gasteiger partial charge in [-0.25, -0.2) is 9.97 Å². The average molecular weight is 345 g/mol. The second-order valence-corrected chi connectivity index (χ2v) is 6.13. The van der Waals surface area contributed by atoms with Crippen LogP contribution in [0.3, 0.4) is 0 Å². The summed E-state index contributed by atoms with van der Waals surface area (Å²) in [6.07, 6.45) is 6.50. The predicted octanol–water partition coefficient (Wildman–Crippen LogP) is 1.55. The number of nitrogens with one attached hydrogen (secondary N) is 2. The molecule has 25 heavy (non-hydrogen) atoms. The van der Waals surface area contributed by atoms with E-state index in [0.717, 1.165) is 19.3 Å². The van der Waals surface area contributed by atoms with E-state index in [9.17, 15) is 14.9 Å². The Morgan fingerprint density at radius 2 is 2.00 bits per heavy atom. The van der Waals surface area contributed by atoms with E-state index in [1.54, 1.807) is 18.5 Å². The molecular weight excluding hydrogens is 322 g/mol. The lowest BCUT2D eigenvalue weighted by molar-refractivity contribution is -0.155. The van der Waals surface area contributed by atoms with Crippen LogP contribution in [0.4, 0.5) is 5.95 Å². The van der Waals surface area contributed by atoms with Crippen LogP contribution in [0.5, 0.6) is 0 Å². The number of hydrogen-bond acceptors (Lipinski definition) is 7. The summed E-state index contributed by atoms with van der Waals surface area (Å²) in [7, 11) is 0. The van der Waals surface area contributed by atoms with Crippen molar-refractivity contribution in [2.75, 3.05) is 11.9 Å². The lowest BCUT2D eigenvalue weighted by Crippen LogP contribution is -2.52. The highest BCUT2D eigenvalue weighted by Crippen LogP contribution is 2.27. The molecule has 1 aliphatic rings. The Balaban J connectivity index is 1.74. The van der Waals surface area contributed by atoms with Gasteiger partial charge in [0.1, 0.15) is 5.54 Å². The van der Waals surface area contributed by atoms with Gasteiger partial charge in [-0.15, -0.1) is 0 Å². The van der Waals surface area contributed by atoms with Crippen LogP contribution in [0.25, 0.3) is 0 Å². The van der Waals surface area contributed by atoms with Gasteiger partial charge in [-0.3, -0.25) is 9.59 Å². The van der Waals surface area contributed by atoms with Crippen molar-refractivity contribution < 1.29 is 14.3 Å². The fraction of sp³-hybridized carbons (Fsp3) is 0.588. The highest BCUT2D eigenvalue weighted by atomic mass is 16.5. The molecule has 8 nitrogen and oxygen atoms in total. The molecule has 1 amide bonds. The molecule has 0 spiro atoms. The molecule has 1 heterocycles. The van der Waals surface area contributed by atoms with Crippen molar-refractivity contribution >= 4 is 17.8 Å². The van der Waals surface area contributed by atoms with Crippen LogP contribution in [0.2, 0.25) is 0 Å². The smallest absolute Gasteiger partial charge is 0.308 e. The topological polar surface area (TPSA) is 117 Å². The molecule has 2 N–H and O–H groups in total. The second-order valence-electron chi connectivity index (χ2n) is 6.13. The molecular formula is C17H23N5O3. The van der Waals surface area contributed by atoms with Crippen molar-refractivity contribution in [1.82, 2.24) is 15.3 Å². The largest absolute Gasteiger partial charge is 0.452 e. The Hall–Kier alpha value is -2.69. The van der Waals surface area contributed by atoms with Gasteiger partial charge in [-0.05, 0) is 25.8 Å². The van der Waals surface area contributed by atoms with Crippen molar-refractivity contribution in [3.05, 3.63) is 18.5 Å². The van der Waals surface area contributed by atoms with Gasteiger partial charge >= 0.3 is 5.97 Å². The molecule has 1 aromatic rings. The number of rotatable bonds is 7. The minimum absolute atomic E-state index is 0.0826. The third-order valence-electron chi connectivity index (χ3n) is 4.14. The fourth-order valence-corrected chi connectivity index (χ4v) is 2.73. The Morgan fingerprint density at radius 3 is 2.64 bits per heavy atom.